The van der Waals surface area contributed by atoms with Crippen LogP contribution < -0.4 is 5.32 Å². The van der Waals surface area contributed by atoms with E-state index in [2.05, 4.69) is 47.7 Å². The molecule has 13 nitrogen and oxygen atoms in total. The lowest BCUT2D eigenvalue weighted by atomic mass is 9.99. The molecule has 8 atom stereocenters. The molecule has 0 radical (unpaired) electrons. The molecule has 8 unspecified atom stereocenters. The third-order valence-corrected chi connectivity index (χ3v) is 12.9. The van der Waals surface area contributed by atoms with Crippen molar-refractivity contribution in [3.8, 4) is 0 Å². The van der Waals surface area contributed by atoms with Crippen molar-refractivity contribution in [1.29, 1.82) is 0 Å². The highest BCUT2D eigenvalue weighted by molar-refractivity contribution is 7.80. The average molecular weight is 934 g/mol. The van der Waals surface area contributed by atoms with Crippen LogP contribution in [0.15, 0.2) is 24.3 Å². The van der Waals surface area contributed by atoms with Gasteiger partial charge in [0, 0.05) is 0 Å². The Morgan fingerprint density at radius 3 is 1.48 bits per heavy atom. The summed E-state index contributed by atoms with van der Waals surface area (Å²) < 4.78 is 47.7. The third kappa shape index (κ3) is 32.3. The zero-order valence-corrected chi connectivity index (χ0v) is 41.0. The van der Waals surface area contributed by atoms with Gasteiger partial charge in [0.05, 0.1) is 25.4 Å². The van der Waals surface area contributed by atoms with Crippen molar-refractivity contribution in [1.82, 2.24) is 5.32 Å². The molecular formula is C50H95NO12S. The minimum atomic E-state index is -5.11. The fourth-order valence-electron chi connectivity index (χ4n) is 8.28. The normalized spacial score (nSPS) is 20.9. The Morgan fingerprint density at radius 1 is 0.625 bits per heavy atom. The van der Waals surface area contributed by atoms with E-state index >= 15 is 0 Å². The zero-order chi connectivity index (χ0) is 47.1. The van der Waals surface area contributed by atoms with Crippen molar-refractivity contribution in [2.75, 3.05) is 13.2 Å². The van der Waals surface area contributed by atoms with E-state index in [1.54, 1.807) is 0 Å². The van der Waals surface area contributed by atoms with Crippen LogP contribution >= 0.6 is 0 Å². The number of rotatable bonds is 44. The molecule has 1 fully saturated rings. The Hall–Kier alpha value is -1.46. The van der Waals surface area contributed by atoms with E-state index in [0.717, 1.165) is 51.4 Å². The average Bonchev–Trinajstić information content (AvgIpc) is 3.27. The largest absolute Gasteiger partial charge is 0.397 e. The Kier molecular flexibility index (Phi) is 38.4. The number of hydrogen-bond donors (Lipinski definition) is 7. The molecule has 7 N–H and O–H groups in total. The van der Waals surface area contributed by atoms with Crippen LogP contribution in [0.3, 0.4) is 0 Å². The van der Waals surface area contributed by atoms with Gasteiger partial charge < -0.3 is 40.3 Å². The summed E-state index contributed by atoms with van der Waals surface area (Å²) in [7, 11) is -5.11. The summed E-state index contributed by atoms with van der Waals surface area (Å²) >= 11 is 0. The lowest BCUT2D eigenvalue weighted by molar-refractivity contribution is -0.298. The summed E-state index contributed by atoms with van der Waals surface area (Å²) in [5.41, 5.74) is 0. The maximum Gasteiger partial charge on any atom is 0.397 e. The Labute approximate surface area is 389 Å². The Morgan fingerprint density at radius 2 is 1.03 bits per heavy atom. The predicted molar refractivity (Wildman–Crippen MR) is 256 cm³/mol. The highest BCUT2D eigenvalue weighted by Crippen LogP contribution is 2.26. The maximum atomic E-state index is 13.2. The first-order valence-corrected chi connectivity index (χ1v) is 27.2. The molecule has 0 aromatic heterocycles. The van der Waals surface area contributed by atoms with Crippen LogP contribution in [-0.4, -0.2) is 107 Å². The van der Waals surface area contributed by atoms with Gasteiger partial charge in [-0.15, -0.1) is 0 Å². The topological polar surface area (TPSA) is 212 Å². The highest BCUT2D eigenvalue weighted by Gasteiger charge is 2.48. The van der Waals surface area contributed by atoms with Crippen LogP contribution in [0.1, 0.15) is 226 Å². The van der Waals surface area contributed by atoms with Gasteiger partial charge in [0.1, 0.15) is 30.5 Å². The van der Waals surface area contributed by atoms with Gasteiger partial charge in [0.15, 0.2) is 6.29 Å². The van der Waals surface area contributed by atoms with Crippen molar-refractivity contribution in [2.45, 2.75) is 275 Å². The van der Waals surface area contributed by atoms with Crippen LogP contribution in [0.25, 0.3) is 0 Å². The fraction of sp³-hybridized carbons (Fsp3) is 0.900. The van der Waals surface area contributed by atoms with E-state index in [0.29, 0.717) is 19.3 Å². The van der Waals surface area contributed by atoms with Gasteiger partial charge in [-0.2, -0.15) is 8.42 Å². The van der Waals surface area contributed by atoms with Gasteiger partial charge in [-0.1, -0.05) is 212 Å². The minimum absolute atomic E-state index is 0.255. The van der Waals surface area contributed by atoms with E-state index in [1.807, 2.05) is 0 Å². The Bertz CT molecular complexity index is 1250. The molecule has 1 rings (SSSR count). The van der Waals surface area contributed by atoms with Crippen LogP contribution in [-0.2, 0) is 28.9 Å². The molecule has 64 heavy (non-hydrogen) atoms. The van der Waals surface area contributed by atoms with E-state index in [4.69, 9.17) is 9.47 Å². The molecule has 1 aliphatic heterocycles. The first-order chi connectivity index (χ1) is 30.9. The Balaban J connectivity index is 2.49. The van der Waals surface area contributed by atoms with Gasteiger partial charge in [0.25, 0.3) is 0 Å². The summed E-state index contributed by atoms with van der Waals surface area (Å²) in [5, 5.41) is 55.5. The quantitative estimate of drug-likeness (QED) is 0.0173. The number of allylic oxidation sites excluding steroid dienone is 4. The zero-order valence-electron chi connectivity index (χ0n) is 40.2. The molecule has 1 aliphatic rings. The molecule has 0 spiro atoms. The number of carbonyl (C=O) groups is 1. The second-order valence-corrected chi connectivity index (χ2v) is 19.3. The lowest BCUT2D eigenvalue weighted by Gasteiger charge is -2.41. The number of ether oxygens (including phenoxy) is 2. The van der Waals surface area contributed by atoms with Gasteiger partial charge in [-0.25, -0.2) is 4.18 Å². The molecule has 378 valence electrons. The van der Waals surface area contributed by atoms with Crippen molar-refractivity contribution in [3.05, 3.63) is 24.3 Å². The smallest absolute Gasteiger partial charge is 0.394 e. The number of aliphatic hydroxyl groups is 5. The van der Waals surface area contributed by atoms with Crippen molar-refractivity contribution in [2.24, 2.45) is 0 Å². The van der Waals surface area contributed by atoms with Gasteiger partial charge >= 0.3 is 10.4 Å². The van der Waals surface area contributed by atoms with E-state index < -0.39 is 78.5 Å². The molecule has 1 heterocycles. The molecule has 14 heteroatoms. The van der Waals surface area contributed by atoms with E-state index in [1.165, 1.54) is 135 Å². The van der Waals surface area contributed by atoms with Gasteiger partial charge in [-0.3, -0.25) is 9.35 Å². The number of carbonyl (C=O) groups excluding carboxylic acids is 1. The molecule has 0 aromatic carbocycles. The monoisotopic (exact) mass is 934 g/mol. The first kappa shape index (κ1) is 60.6. The van der Waals surface area contributed by atoms with Crippen LogP contribution in [0, 0.1) is 0 Å². The van der Waals surface area contributed by atoms with Crippen molar-refractivity contribution >= 4 is 16.3 Å². The molecular weight excluding hydrogens is 839 g/mol. The third-order valence-electron chi connectivity index (χ3n) is 12.4. The SMILES string of the molecule is CCCCC/C=C\C=C/CCCCCCCCCCCC(O)C(=O)NC(COC1OC(CO)C(O)C(OS(=O)(=O)O)C1O)C(O)CCCCCCCCCCCCCCCCCCC. The standard InChI is InChI=1S/C50H95NO12S/c1-3-5-7-9-11-13-15-17-19-21-23-25-27-29-31-33-35-37-39-44(54)49(57)51-42(41-61-50-47(56)48(63-64(58,59)60)46(55)45(40-52)62-50)43(53)38-36-34-32-30-28-26-24-22-20-18-16-14-12-10-8-6-4-2/h11,13,15,17,42-48,50,52-56H,3-10,12,14,16,18-41H2,1-2H3,(H,51,57)(H,58,59,60)/b13-11-,17-15-. The molecule has 0 saturated carbocycles. The van der Waals surface area contributed by atoms with Crippen LogP contribution in [0.2, 0.25) is 0 Å². The molecule has 0 bridgehead atoms. The fourth-order valence-corrected chi connectivity index (χ4v) is 8.79. The van der Waals surface area contributed by atoms with Gasteiger partial charge in [0.2, 0.25) is 5.91 Å². The van der Waals surface area contributed by atoms with Crippen molar-refractivity contribution < 1.29 is 57.0 Å². The molecule has 0 aromatic rings. The predicted octanol–water partition coefficient (Wildman–Crippen LogP) is 9.86. The van der Waals surface area contributed by atoms with E-state index in [9.17, 15) is 43.3 Å². The number of amides is 1. The summed E-state index contributed by atoms with van der Waals surface area (Å²) in [6, 6.07) is -1.03. The van der Waals surface area contributed by atoms with E-state index in [-0.39, 0.29) is 6.42 Å². The lowest BCUT2D eigenvalue weighted by Crippen LogP contribution is -2.61. The number of aliphatic hydroxyl groups excluding tert-OH is 5. The van der Waals surface area contributed by atoms with Crippen LogP contribution in [0.5, 0.6) is 0 Å². The van der Waals surface area contributed by atoms with Crippen LogP contribution in [0.4, 0.5) is 0 Å². The second-order valence-electron chi connectivity index (χ2n) is 18.3. The number of nitrogens with one attached hydrogen (secondary N) is 1. The summed E-state index contributed by atoms with van der Waals surface area (Å²) in [6.07, 6.45) is 34.9. The molecule has 1 saturated heterocycles. The first-order valence-electron chi connectivity index (χ1n) is 25.8. The van der Waals surface area contributed by atoms with Gasteiger partial charge in [-0.05, 0) is 38.5 Å². The maximum absolute atomic E-state index is 13.2. The summed E-state index contributed by atoms with van der Waals surface area (Å²) in [4.78, 5) is 13.2. The number of hydrogen-bond acceptors (Lipinski definition) is 11. The number of unbranched alkanes of at least 4 members (excludes halogenated alkanes) is 28. The summed E-state index contributed by atoms with van der Waals surface area (Å²) in [6.45, 7) is 3.27. The molecule has 1 amide bonds. The van der Waals surface area contributed by atoms with Crippen molar-refractivity contribution in [3.63, 3.8) is 0 Å². The second kappa shape index (κ2) is 40.6. The summed E-state index contributed by atoms with van der Waals surface area (Å²) in [5.74, 6) is -0.672. The highest BCUT2D eigenvalue weighted by atomic mass is 32.3. The molecule has 0 aliphatic carbocycles. The minimum Gasteiger partial charge on any atom is -0.394 e.